The summed E-state index contributed by atoms with van der Waals surface area (Å²) in [5.41, 5.74) is 3.76. The Labute approximate surface area is 500 Å². The summed E-state index contributed by atoms with van der Waals surface area (Å²) >= 11 is 0. The fourth-order valence-electron chi connectivity index (χ4n) is 9.08. The smallest absolute Gasteiger partial charge is 0.258 e. The average Bonchev–Trinajstić information content (AvgIpc) is 1.13. The number of para-hydroxylation sites is 2. The van der Waals surface area contributed by atoms with E-state index in [0.29, 0.717) is 21.7 Å². The molecule has 0 heterocycles. The first-order chi connectivity index (χ1) is 42.2. The van der Waals surface area contributed by atoms with E-state index in [1.54, 1.807) is 97.9 Å². The molecule has 0 saturated heterocycles. The van der Waals surface area contributed by atoms with Gasteiger partial charge < -0.3 is 0 Å². The lowest BCUT2D eigenvalue weighted by Gasteiger charge is -2.10. The molecule has 21 nitrogen and oxygen atoms in total. The maximum atomic E-state index is 11.2. The summed E-state index contributed by atoms with van der Waals surface area (Å²) in [6.45, 7) is 5.44. The fourth-order valence-corrected chi connectivity index (χ4v) is 9.08. The van der Waals surface area contributed by atoms with Crippen molar-refractivity contribution < 1.29 is 34.5 Å². The molecule has 13 aromatic rings. The molecular formula is C67H51N7O14. The summed E-state index contributed by atoms with van der Waals surface area (Å²) in [5.74, 6) is 0. The number of nitro groups is 7. The number of nitrogens with zero attached hydrogens (tertiary/aromatic N) is 7. The Balaban J connectivity index is 0.000000149. The summed E-state index contributed by atoms with van der Waals surface area (Å²) < 4.78 is 0. The van der Waals surface area contributed by atoms with E-state index in [-0.39, 0.29) is 59.5 Å². The van der Waals surface area contributed by atoms with Gasteiger partial charge in [0, 0.05) is 71.6 Å². The van der Waals surface area contributed by atoms with E-state index in [0.717, 1.165) is 59.6 Å². The normalized spacial score (nSPS) is 10.2. The lowest BCUT2D eigenvalue weighted by Crippen LogP contribution is -1.91. The zero-order valence-corrected chi connectivity index (χ0v) is 47.1. The number of fused-ring (bicyclic) bond motifs is 3. The molecular weight excluding hydrogens is 1130 g/mol. The van der Waals surface area contributed by atoms with Crippen molar-refractivity contribution in [3.05, 3.63) is 342 Å². The van der Waals surface area contributed by atoms with Gasteiger partial charge in [-0.25, -0.2) is 0 Å². The number of benzene rings is 13. The van der Waals surface area contributed by atoms with Gasteiger partial charge >= 0.3 is 0 Å². The van der Waals surface area contributed by atoms with Crippen LogP contribution < -0.4 is 0 Å². The first-order valence-corrected chi connectivity index (χ1v) is 26.5. The van der Waals surface area contributed by atoms with E-state index in [1.165, 1.54) is 48.5 Å². The second-order valence-electron chi connectivity index (χ2n) is 19.2. The second kappa shape index (κ2) is 29.6. The van der Waals surface area contributed by atoms with E-state index >= 15 is 0 Å². The molecule has 0 atom stereocenters. The Morgan fingerprint density at radius 2 is 0.625 bits per heavy atom. The van der Waals surface area contributed by atoms with Gasteiger partial charge in [-0.1, -0.05) is 169 Å². The number of hydrogen-bond donors (Lipinski definition) is 0. The average molecular weight is 1180 g/mol. The maximum Gasteiger partial charge on any atom is 0.277 e. The van der Waals surface area contributed by atoms with Crippen molar-refractivity contribution in [2.45, 2.75) is 20.8 Å². The fraction of sp³-hybridized carbons (Fsp3) is 0.0448. The van der Waals surface area contributed by atoms with E-state index in [4.69, 9.17) is 0 Å². The van der Waals surface area contributed by atoms with Crippen molar-refractivity contribution in [2.24, 2.45) is 0 Å². The molecule has 0 aliphatic carbocycles. The van der Waals surface area contributed by atoms with Crippen molar-refractivity contribution in [1.29, 1.82) is 0 Å². The van der Waals surface area contributed by atoms with Crippen molar-refractivity contribution in [2.75, 3.05) is 0 Å². The standard InChI is InChI=1S/C16H9NO2.C14H9NO2.C10H7NO2.3C7H7NO2.C6H5NO2/c18-17(19)14-9-7-12-5-4-10-2-1-3-11-6-8-13(14)16(12)15(10)11;16-15(17)14-7-3-6-12-8-10-4-1-2-5-11(10)9-13(12)14;12-11(13)10-7-3-5-8-4-1-2-6-9(8)10;1-6-2-4-7(5-3-6)8(9)10;1-6-3-2-4-7(5-6)8(9)10;1-6-4-2-3-5-7(6)8(9)10;8-7(9)6-4-2-1-3-5-6/h1-9H;1-9H;1-7H;3*2-5H,1H3;1-5H. The van der Waals surface area contributed by atoms with Gasteiger partial charge in [-0.3, -0.25) is 70.8 Å². The zero-order chi connectivity index (χ0) is 63.4. The molecule has 0 N–H and O–H groups in total. The highest BCUT2D eigenvalue weighted by atomic mass is 16.6. The van der Waals surface area contributed by atoms with Crippen LogP contribution >= 0.6 is 0 Å². The van der Waals surface area contributed by atoms with E-state index < -0.39 is 14.8 Å². The summed E-state index contributed by atoms with van der Waals surface area (Å²) in [5, 5.41) is 84.6. The predicted molar refractivity (Wildman–Crippen MR) is 342 cm³/mol. The summed E-state index contributed by atoms with van der Waals surface area (Å²) in [7, 11) is 0. The second-order valence-corrected chi connectivity index (χ2v) is 19.2. The molecule has 0 saturated carbocycles. The maximum absolute atomic E-state index is 11.2. The van der Waals surface area contributed by atoms with E-state index in [1.807, 2.05) is 123 Å². The third kappa shape index (κ3) is 16.4. The molecule has 0 unspecified atom stereocenters. The van der Waals surface area contributed by atoms with Crippen LogP contribution in [0.5, 0.6) is 0 Å². The third-order valence-electron chi connectivity index (χ3n) is 13.3. The van der Waals surface area contributed by atoms with Crippen molar-refractivity contribution >= 4 is 104 Å². The number of nitro benzene ring substituents is 7. The van der Waals surface area contributed by atoms with Crippen molar-refractivity contribution in [3.8, 4) is 0 Å². The van der Waals surface area contributed by atoms with Gasteiger partial charge in [-0.15, -0.1) is 0 Å². The van der Waals surface area contributed by atoms with Crippen molar-refractivity contribution in [3.63, 3.8) is 0 Å². The summed E-state index contributed by atoms with van der Waals surface area (Å²) in [6, 6.07) is 74.2. The van der Waals surface area contributed by atoms with Gasteiger partial charge in [0.2, 0.25) is 0 Å². The molecule has 0 radical (unpaired) electrons. The number of aryl methyl sites for hydroxylation is 3. The van der Waals surface area contributed by atoms with E-state index in [2.05, 4.69) is 6.07 Å². The van der Waals surface area contributed by atoms with Gasteiger partial charge in [0.15, 0.2) is 0 Å². The van der Waals surface area contributed by atoms with Crippen molar-refractivity contribution in [1.82, 2.24) is 0 Å². The highest BCUT2D eigenvalue weighted by molar-refractivity contribution is 6.24. The number of non-ortho nitro benzene ring substituents is 6. The molecule has 0 bridgehead atoms. The minimum atomic E-state index is -0.417. The van der Waals surface area contributed by atoms with Gasteiger partial charge in [0.25, 0.3) is 39.8 Å². The van der Waals surface area contributed by atoms with Gasteiger partial charge in [-0.2, -0.15) is 0 Å². The largest absolute Gasteiger partial charge is 0.277 e. The first kappa shape index (κ1) is 63.1. The van der Waals surface area contributed by atoms with E-state index in [9.17, 15) is 70.8 Å². The quantitative estimate of drug-likeness (QED) is 0.0620. The zero-order valence-electron chi connectivity index (χ0n) is 47.1. The lowest BCUT2D eigenvalue weighted by molar-refractivity contribution is -0.385. The number of hydrogen-bond acceptors (Lipinski definition) is 14. The van der Waals surface area contributed by atoms with Crippen LogP contribution in [0.1, 0.15) is 16.7 Å². The molecule has 88 heavy (non-hydrogen) atoms. The molecule has 0 fully saturated rings. The molecule has 13 aromatic carbocycles. The molecule has 13 rings (SSSR count). The Morgan fingerprint density at radius 3 is 1.16 bits per heavy atom. The van der Waals surface area contributed by atoms with Crippen LogP contribution in [0.25, 0.3) is 64.6 Å². The predicted octanol–water partition coefficient (Wildman–Crippen LogP) is 18.4. The molecule has 0 spiro atoms. The van der Waals surface area contributed by atoms with Crippen LogP contribution in [0.3, 0.4) is 0 Å². The minimum absolute atomic E-state index is 0.137. The number of rotatable bonds is 7. The van der Waals surface area contributed by atoms with Crippen LogP contribution in [-0.2, 0) is 0 Å². The highest BCUT2D eigenvalue weighted by Gasteiger charge is 2.17. The third-order valence-corrected chi connectivity index (χ3v) is 13.3. The van der Waals surface area contributed by atoms with Gasteiger partial charge in [-0.05, 0) is 99.8 Å². The Morgan fingerprint density at radius 1 is 0.227 bits per heavy atom. The monoisotopic (exact) mass is 1180 g/mol. The Hall–Kier alpha value is -12.5. The Bertz CT molecular complexity index is 4660. The minimum Gasteiger partial charge on any atom is -0.258 e. The van der Waals surface area contributed by atoms with Crippen LogP contribution in [-0.4, -0.2) is 34.5 Å². The van der Waals surface area contributed by atoms with Crippen LogP contribution in [0.2, 0.25) is 0 Å². The molecule has 0 aliphatic heterocycles. The van der Waals surface area contributed by atoms with Gasteiger partial charge in [0.1, 0.15) is 0 Å². The van der Waals surface area contributed by atoms with Crippen LogP contribution in [0, 0.1) is 91.6 Å². The molecule has 21 heteroatoms. The van der Waals surface area contributed by atoms with Gasteiger partial charge in [0.05, 0.1) is 50.6 Å². The molecule has 438 valence electrons. The highest BCUT2D eigenvalue weighted by Crippen LogP contribution is 2.38. The lowest BCUT2D eigenvalue weighted by atomic mass is 9.94. The topological polar surface area (TPSA) is 302 Å². The molecule has 0 aliphatic rings. The summed E-state index contributed by atoms with van der Waals surface area (Å²) in [6.07, 6.45) is 0. The summed E-state index contributed by atoms with van der Waals surface area (Å²) in [4.78, 5) is 70.6. The SMILES string of the molecule is Cc1ccc([N+](=O)[O-])cc1.Cc1cccc([N+](=O)[O-])c1.Cc1ccccc1[N+](=O)[O-].O=[N+]([O-])c1ccc2ccc3cccc4ccc1c2c34.O=[N+]([O-])c1cccc2cc3ccccc3cc12.O=[N+]([O-])c1cccc2ccccc12.O=[N+]([O-])c1ccccc1. The van der Waals surface area contributed by atoms with Crippen LogP contribution in [0.15, 0.2) is 255 Å². The Kier molecular flexibility index (Phi) is 21.2. The molecule has 0 aromatic heterocycles. The molecule has 0 amide bonds. The first-order valence-electron chi connectivity index (χ1n) is 26.5. The van der Waals surface area contributed by atoms with Crippen LogP contribution in [0.4, 0.5) is 39.8 Å².